The van der Waals surface area contributed by atoms with Crippen molar-refractivity contribution < 1.29 is 26.4 Å². The summed E-state index contributed by atoms with van der Waals surface area (Å²) in [6.07, 6.45) is 7.06. The van der Waals surface area contributed by atoms with Crippen molar-refractivity contribution >= 4 is 111 Å². The van der Waals surface area contributed by atoms with Gasteiger partial charge in [0, 0.05) is 52.9 Å². The highest BCUT2D eigenvalue weighted by atomic mass is 79.9. The highest BCUT2D eigenvalue weighted by Gasteiger charge is 2.28. The number of benzene rings is 2. The van der Waals surface area contributed by atoms with Crippen LogP contribution in [-0.2, 0) is 37.6 Å². The van der Waals surface area contributed by atoms with Gasteiger partial charge < -0.3 is 9.72 Å². The minimum absolute atomic E-state index is 0.0176. The highest BCUT2D eigenvalue weighted by molar-refractivity contribution is 9.10. The van der Waals surface area contributed by atoms with Gasteiger partial charge in [-0.2, -0.15) is 0 Å². The SMILES string of the molecule is CCc1cc(S(=O)(=O)N(COC)c2cc(Cl)cnc2Br)ccc1Cl.CCc1cc(S(=O)(=O)Nc2cc(Cl)cnc2C(=O)c2ccnc3[nH]ccc23)ccc1Cl. The van der Waals surface area contributed by atoms with Gasteiger partial charge in [-0.15, -0.1) is 0 Å². The van der Waals surface area contributed by atoms with Crippen molar-refractivity contribution in [3.8, 4) is 0 Å². The smallest absolute Gasteiger partial charge is 0.266 e. The van der Waals surface area contributed by atoms with E-state index < -0.39 is 25.8 Å². The minimum Gasteiger partial charge on any atom is -0.363 e. The minimum atomic E-state index is -4.03. The number of carbonyl (C=O) groups excluding carboxylic acids is 1. The first-order valence-electron chi connectivity index (χ1n) is 16.2. The maximum atomic E-state index is 13.3. The average molecular weight is 930 g/mol. The summed E-state index contributed by atoms with van der Waals surface area (Å²) in [6, 6.07) is 15.1. The second-order valence-electron chi connectivity index (χ2n) is 11.5. The maximum Gasteiger partial charge on any atom is 0.266 e. The Balaban J connectivity index is 0.000000219. The summed E-state index contributed by atoms with van der Waals surface area (Å²) in [5.41, 5.74) is 2.50. The van der Waals surface area contributed by atoms with E-state index in [4.69, 9.17) is 51.1 Å². The van der Waals surface area contributed by atoms with Crippen LogP contribution in [0.4, 0.5) is 11.4 Å². The van der Waals surface area contributed by atoms with E-state index in [0.29, 0.717) is 54.7 Å². The number of sulfonamides is 2. The molecule has 6 rings (SSSR count). The number of nitrogens with one attached hydrogen (secondary N) is 2. The van der Waals surface area contributed by atoms with Crippen LogP contribution < -0.4 is 9.03 Å². The van der Waals surface area contributed by atoms with Crippen LogP contribution in [-0.4, -0.2) is 56.4 Å². The average Bonchev–Trinajstić information content (AvgIpc) is 3.64. The summed E-state index contributed by atoms with van der Waals surface area (Å²) in [5, 5.41) is 2.11. The fraction of sp³-hybridized carbons (Fsp3) is 0.167. The number of H-pyrrole nitrogens is 1. The Hall–Kier alpha value is -3.80. The number of carbonyl (C=O) groups is 1. The van der Waals surface area contributed by atoms with Crippen molar-refractivity contribution in [3.63, 3.8) is 0 Å². The number of halogens is 5. The third kappa shape index (κ3) is 9.60. The zero-order valence-corrected chi connectivity index (χ0v) is 35.4. The lowest BCUT2D eigenvalue weighted by Crippen LogP contribution is -2.33. The Morgan fingerprint density at radius 3 is 2.11 bits per heavy atom. The van der Waals surface area contributed by atoms with Crippen molar-refractivity contribution in [2.24, 2.45) is 0 Å². The number of hydrogen-bond acceptors (Lipinski definition) is 9. The maximum absolute atomic E-state index is 13.3. The van der Waals surface area contributed by atoms with Crippen LogP contribution in [0.25, 0.3) is 11.0 Å². The first-order chi connectivity index (χ1) is 26.1. The van der Waals surface area contributed by atoms with Crippen LogP contribution in [0.3, 0.4) is 0 Å². The van der Waals surface area contributed by atoms with Gasteiger partial charge in [0.05, 0.1) is 31.2 Å². The molecule has 55 heavy (non-hydrogen) atoms. The molecule has 4 aromatic heterocycles. The fourth-order valence-corrected chi connectivity index (χ4v) is 9.16. The Labute approximate surface area is 346 Å². The van der Waals surface area contributed by atoms with Gasteiger partial charge in [-0.1, -0.05) is 60.3 Å². The van der Waals surface area contributed by atoms with E-state index in [-0.39, 0.29) is 38.6 Å². The molecule has 0 radical (unpaired) electrons. The third-order valence-corrected chi connectivity index (χ3v) is 12.9. The quantitative estimate of drug-likeness (QED) is 0.0692. The van der Waals surface area contributed by atoms with Crippen molar-refractivity contribution in [2.45, 2.75) is 36.5 Å². The molecular weight excluding hydrogens is 898 g/mol. The first-order valence-corrected chi connectivity index (χ1v) is 21.4. The number of pyridine rings is 3. The molecule has 0 amide bonds. The van der Waals surface area contributed by atoms with Crippen molar-refractivity contribution in [1.29, 1.82) is 0 Å². The van der Waals surface area contributed by atoms with E-state index >= 15 is 0 Å². The number of ether oxygens (including phenoxy) is 1. The molecular formula is C36H31BrCl4N6O6S2. The molecule has 0 unspecified atom stereocenters. The first kappa shape index (κ1) is 42.3. The number of ketones is 1. The molecule has 0 atom stereocenters. The zero-order valence-electron chi connectivity index (χ0n) is 29.1. The van der Waals surface area contributed by atoms with E-state index in [9.17, 15) is 21.6 Å². The summed E-state index contributed by atoms with van der Waals surface area (Å²) in [7, 11) is -6.50. The Morgan fingerprint density at radius 1 is 0.836 bits per heavy atom. The summed E-state index contributed by atoms with van der Waals surface area (Å²) in [6.45, 7) is 3.59. The summed E-state index contributed by atoms with van der Waals surface area (Å²) >= 11 is 27.5. The molecule has 0 saturated heterocycles. The normalized spacial score (nSPS) is 11.6. The molecule has 0 aliphatic rings. The van der Waals surface area contributed by atoms with Gasteiger partial charge in [-0.25, -0.2) is 36.1 Å². The van der Waals surface area contributed by atoms with Gasteiger partial charge in [0.1, 0.15) is 22.7 Å². The number of rotatable bonds is 12. The zero-order chi connectivity index (χ0) is 40.1. The number of aromatic amines is 1. The predicted octanol–water partition coefficient (Wildman–Crippen LogP) is 9.37. The number of aromatic nitrogens is 4. The number of aryl methyl sites for hydroxylation is 2. The van der Waals surface area contributed by atoms with E-state index in [2.05, 4.69) is 40.6 Å². The second-order valence-corrected chi connectivity index (χ2v) is 17.5. The molecule has 0 saturated carbocycles. The molecule has 0 bridgehead atoms. The standard InChI is InChI=1S/C21H16Cl2N4O3S.C15H15BrCl2N2O3S/c1-2-12-9-14(3-4-17(12)23)31(29,30)27-18-10-13(22)11-26-19(18)20(28)15-5-7-24-21-16(15)6-8-25-21;1-3-10-6-12(4-5-13(10)18)24(21,22)20(9-23-2)14-7-11(17)8-19-15(14)16/h3-11,27H,2H2,1H3,(H,24,25);4-8H,3,9H2,1-2H3. The van der Waals surface area contributed by atoms with Crippen LogP contribution in [0.15, 0.2) is 99.8 Å². The number of methoxy groups -OCH3 is 1. The van der Waals surface area contributed by atoms with Gasteiger partial charge >= 0.3 is 0 Å². The Bertz CT molecular complexity index is 2610. The van der Waals surface area contributed by atoms with Gasteiger partial charge in [-0.3, -0.25) is 9.52 Å². The van der Waals surface area contributed by atoms with Crippen molar-refractivity contribution in [3.05, 3.63) is 133 Å². The Morgan fingerprint density at radius 2 is 1.45 bits per heavy atom. The van der Waals surface area contributed by atoms with Gasteiger partial charge in [0.25, 0.3) is 20.0 Å². The predicted molar refractivity (Wildman–Crippen MR) is 220 cm³/mol. The number of hydrogen-bond donors (Lipinski definition) is 2. The Kier molecular flexibility index (Phi) is 13.8. The van der Waals surface area contributed by atoms with Crippen molar-refractivity contribution in [1.82, 2.24) is 19.9 Å². The van der Waals surface area contributed by atoms with E-state index in [0.717, 1.165) is 9.87 Å². The molecule has 0 aliphatic heterocycles. The number of anilines is 2. The third-order valence-electron chi connectivity index (χ3n) is 8.02. The highest BCUT2D eigenvalue weighted by Crippen LogP contribution is 2.33. The van der Waals surface area contributed by atoms with E-state index in [1.807, 2.05) is 13.8 Å². The van der Waals surface area contributed by atoms with Gasteiger partial charge in [-0.05, 0) is 101 Å². The molecule has 0 spiro atoms. The van der Waals surface area contributed by atoms with Crippen molar-refractivity contribution in [2.75, 3.05) is 22.9 Å². The fourth-order valence-electron chi connectivity index (χ4n) is 5.26. The van der Waals surface area contributed by atoms with Gasteiger partial charge in [0.15, 0.2) is 0 Å². The van der Waals surface area contributed by atoms with Crippen LogP contribution in [0, 0.1) is 0 Å². The molecule has 19 heteroatoms. The molecule has 12 nitrogen and oxygen atoms in total. The van der Waals surface area contributed by atoms with Crippen LogP contribution in [0.2, 0.25) is 20.1 Å². The van der Waals surface area contributed by atoms with E-state index in [1.54, 1.807) is 30.5 Å². The number of nitrogens with zero attached hydrogens (tertiary/aromatic N) is 4. The monoisotopic (exact) mass is 926 g/mol. The lowest BCUT2D eigenvalue weighted by atomic mass is 10.0. The van der Waals surface area contributed by atoms with Crippen LogP contribution in [0.1, 0.15) is 41.0 Å². The molecule has 2 N–H and O–H groups in total. The topological polar surface area (TPSA) is 164 Å². The summed E-state index contributed by atoms with van der Waals surface area (Å²) < 4.78 is 61.2. The molecule has 6 aromatic rings. The lowest BCUT2D eigenvalue weighted by molar-refractivity contribution is 0.103. The second kappa shape index (κ2) is 18.0. The van der Waals surface area contributed by atoms with Crippen LogP contribution in [0.5, 0.6) is 0 Å². The molecule has 0 aliphatic carbocycles. The molecule has 4 heterocycles. The molecule has 0 fully saturated rings. The molecule has 288 valence electrons. The van der Waals surface area contributed by atoms with Gasteiger partial charge in [0.2, 0.25) is 5.78 Å². The number of fused-ring (bicyclic) bond motifs is 1. The lowest BCUT2D eigenvalue weighted by Gasteiger charge is -2.24. The summed E-state index contributed by atoms with van der Waals surface area (Å²) in [4.78, 5) is 28.6. The summed E-state index contributed by atoms with van der Waals surface area (Å²) in [5.74, 6) is -0.466. The largest absolute Gasteiger partial charge is 0.363 e. The molecule has 2 aromatic carbocycles. The van der Waals surface area contributed by atoms with E-state index in [1.165, 1.54) is 62.1 Å². The van der Waals surface area contributed by atoms with Crippen LogP contribution >= 0.6 is 62.3 Å².